The minimum Gasteiger partial charge on any atom is -0.507 e. The van der Waals surface area contributed by atoms with E-state index in [1.807, 2.05) is 38.1 Å². The zero-order chi connectivity index (χ0) is 25.8. The second-order valence-corrected chi connectivity index (χ2v) is 10.3. The smallest absolute Gasteiger partial charge is 0.301 e. The Labute approximate surface area is 216 Å². The summed E-state index contributed by atoms with van der Waals surface area (Å²) in [6.45, 7) is 4.01. The lowest BCUT2D eigenvalue weighted by Gasteiger charge is -2.23. The molecule has 1 amide bonds. The molecule has 1 aromatic heterocycles. The van der Waals surface area contributed by atoms with Crippen LogP contribution >= 0.6 is 11.3 Å². The second kappa shape index (κ2) is 8.81. The molecule has 2 aliphatic rings. The molecule has 0 bridgehead atoms. The van der Waals surface area contributed by atoms with Gasteiger partial charge in [0, 0.05) is 12.0 Å². The Morgan fingerprint density at radius 3 is 2.68 bits per heavy atom. The molecule has 1 N–H and O–H groups in total. The van der Waals surface area contributed by atoms with Crippen LogP contribution in [-0.2, 0) is 22.4 Å². The molecule has 3 heterocycles. The van der Waals surface area contributed by atoms with Crippen LogP contribution in [0.2, 0.25) is 0 Å². The van der Waals surface area contributed by atoms with Gasteiger partial charge in [0.2, 0.25) is 0 Å². The Balaban J connectivity index is 1.53. The van der Waals surface area contributed by atoms with E-state index in [1.165, 1.54) is 17.0 Å². The fraction of sp³-hybridized carbons (Fsp3) is 0.207. The van der Waals surface area contributed by atoms with E-state index in [1.54, 1.807) is 24.3 Å². The first-order valence-electron chi connectivity index (χ1n) is 12.1. The first kappa shape index (κ1) is 23.4. The maximum absolute atomic E-state index is 13.8. The topological polar surface area (TPSA) is 79.7 Å². The van der Waals surface area contributed by atoms with Crippen molar-refractivity contribution in [3.63, 3.8) is 0 Å². The molecular weight excluding hydrogens is 491 g/mol. The molecule has 0 aliphatic carbocycles. The number of benzene rings is 3. The minimum absolute atomic E-state index is 0.00778. The van der Waals surface area contributed by atoms with Gasteiger partial charge in [0.1, 0.15) is 23.4 Å². The SMILES string of the molecule is CCc1ccc(C2C(=C(O)c3ccc4c(c3)CC(C)O4)C(=O)C(=O)N2c2nc3ccc(F)cc3s2)cc1. The van der Waals surface area contributed by atoms with Crippen LogP contribution in [0.5, 0.6) is 5.75 Å². The zero-order valence-electron chi connectivity index (χ0n) is 20.2. The third-order valence-electron chi connectivity index (χ3n) is 6.86. The highest BCUT2D eigenvalue weighted by atomic mass is 32.1. The van der Waals surface area contributed by atoms with Crippen molar-refractivity contribution in [3.8, 4) is 5.75 Å². The highest BCUT2D eigenvalue weighted by Crippen LogP contribution is 2.45. The molecule has 6 nitrogen and oxygen atoms in total. The summed E-state index contributed by atoms with van der Waals surface area (Å²) in [5.41, 5.74) is 3.66. The first-order valence-corrected chi connectivity index (χ1v) is 12.9. The van der Waals surface area contributed by atoms with E-state index in [4.69, 9.17) is 4.74 Å². The summed E-state index contributed by atoms with van der Waals surface area (Å²) in [5, 5.41) is 11.7. The highest BCUT2D eigenvalue weighted by Gasteiger charge is 2.48. The number of carbonyl (C=O) groups is 2. The minimum atomic E-state index is -0.889. The van der Waals surface area contributed by atoms with Crippen molar-refractivity contribution < 1.29 is 23.8 Å². The van der Waals surface area contributed by atoms with E-state index in [-0.39, 0.29) is 22.6 Å². The van der Waals surface area contributed by atoms with E-state index in [9.17, 15) is 19.1 Å². The van der Waals surface area contributed by atoms with Gasteiger partial charge in [-0.3, -0.25) is 14.5 Å². The molecule has 2 aliphatic heterocycles. The molecule has 2 unspecified atom stereocenters. The average molecular weight is 515 g/mol. The standard InChI is InChI=1S/C29H23FN2O4S/c1-3-16-4-6-17(7-5-16)25-24(26(33)18-8-11-22-19(13-18)12-15(2)36-22)27(34)28(35)32(25)29-31-21-10-9-20(30)14-23(21)37-29/h4-11,13-15,25,33H,3,12H2,1-2H3. The van der Waals surface area contributed by atoms with E-state index >= 15 is 0 Å². The molecule has 2 atom stereocenters. The number of hydrogen-bond acceptors (Lipinski definition) is 6. The molecule has 1 fully saturated rings. The normalized spacial score (nSPS) is 20.5. The molecule has 8 heteroatoms. The van der Waals surface area contributed by atoms with Crippen LogP contribution in [-0.4, -0.2) is 27.9 Å². The molecule has 0 radical (unpaired) electrons. The Kier molecular flexibility index (Phi) is 5.56. The Morgan fingerprint density at radius 1 is 1.14 bits per heavy atom. The number of aliphatic hydroxyl groups is 1. The van der Waals surface area contributed by atoms with E-state index in [2.05, 4.69) is 4.98 Å². The predicted octanol–water partition coefficient (Wildman–Crippen LogP) is 5.95. The van der Waals surface area contributed by atoms with Gasteiger partial charge in [0.15, 0.2) is 5.13 Å². The number of halogens is 1. The number of aliphatic hydroxyl groups excluding tert-OH is 1. The van der Waals surface area contributed by atoms with E-state index < -0.39 is 23.5 Å². The van der Waals surface area contributed by atoms with Crippen LogP contribution in [0.4, 0.5) is 9.52 Å². The van der Waals surface area contributed by atoms with Gasteiger partial charge >= 0.3 is 5.91 Å². The fourth-order valence-corrected chi connectivity index (χ4v) is 6.01. The number of ether oxygens (including phenoxy) is 1. The maximum Gasteiger partial charge on any atom is 0.301 e. The lowest BCUT2D eigenvalue weighted by molar-refractivity contribution is -0.132. The predicted molar refractivity (Wildman–Crippen MR) is 140 cm³/mol. The summed E-state index contributed by atoms with van der Waals surface area (Å²) >= 11 is 1.13. The molecule has 6 rings (SSSR count). The molecule has 1 saturated heterocycles. The average Bonchev–Trinajstić information content (AvgIpc) is 3.55. The zero-order valence-corrected chi connectivity index (χ0v) is 21.0. The number of hydrogen-bond donors (Lipinski definition) is 1. The number of thiazole rings is 1. The van der Waals surface area contributed by atoms with Gasteiger partial charge in [-0.05, 0) is 66.4 Å². The van der Waals surface area contributed by atoms with Crippen molar-refractivity contribution >= 4 is 44.1 Å². The molecule has 4 aromatic rings. The molecule has 0 spiro atoms. The van der Waals surface area contributed by atoms with Crippen LogP contribution in [0.1, 0.15) is 42.1 Å². The van der Waals surface area contributed by atoms with Crippen molar-refractivity contribution in [1.82, 2.24) is 4.98 Å². The number of Topliss-reactive ketones (excluding diaryl/α,β-unsaturated/α-hetero) is 1. The van der Waals surface area contributed by atoms with Crippen molar-refractivity contribution in [2.75, 3.05) is 4.90 Å². The van der Waals surface area contributed by atoms with Crippen LogP contribution in [0.25, 0.3) is 16.0 Å². The second-order valence-electron chi connectivity index (χ2n) is 9.33. The summed E-state index contributed by atoms with van der Waals surface area (Å²) in [6, 6.07) is 16.2. The van der Waals surface area contributed by atoms with Crippen LogP contribution in [0.3, 0.4) is 0 Å². The van der Waals surface area contributed by atoms with Crippen LogP contribution in [0, 0.1) is 5.82 Å². The molecule has 0 saturated carbocycles. The number of fused-ring (bicyclic) bond motifs is 2. The summed E-state index contributed by atoms with van der Waals surface area (Å²) in [6.07, 6.45) is 1.55. The number of anilines is 1. The van der Waals surface area contributed by atoms with Crippen molar-refractivity contribution in [3.05, 3.63) is 94.3 Å². The van der Waals surface area contributed by atoms with E-state index in [0.717, 1.165) is 34.6 Å². The first-order chi connectivity index (χ1) is 17.8. The summed E-state index contributed by atoms with van der Waals surface area (Å²) in [4.78, 5) is 32.7. The van der Waals surface area contributed by atoms with Crippen LogP contribution < -0.4 is 9.64 Å². The number of aromatic nitrogens is 1. The monoisotopic (exact) mass is 514 g/mol. The quantitative estimate of drug-likeness (QED) is 0.207. The van der Waals surface area contributed by atoms with E-state index in [0.29, 0.717) is 27.8 Å². The van der Waals surface area contributed by atoms with Gasteiger partial charge in [-0.15, -0.1) is 0 Å². The number of nitrogens with zero attached hydrogens (tertiary/aromatic N) is 2. The Hall–Kier alpha value is -4.04. The number of ketones is 1. The summed E-state index contributed by atoms with van der Waals surface area (Å²) in [7, 11) is 0. The third-order valence-corrected chi connectivity index (χ3v) is 7.88. The Morgan fingerprint density at radius 2 is 1.92 bits per heavy atom. The molecular formula is C29H23FN2O4S. The summed E-state index contributed by atoms with van der Waals surface area (Å²) in [5.74, 6) is -1.49. The molecule has 37 heavy (non-hydrogen) atoms. The van der Waals surface area contributed by atoms with Crippen LogP contribution in [0.15, 0.2) is 66.2 Å². The number of aryl methyl sites for hydroxylation is 1. The van der Waals surface area contributed by atoms with Gasteiger partial charge in [-0.1, -0.05) is 42.5 Å². The number of amides is 1. The lowest BCUT2D eigenvalue weighted by atomic mass is 9.94. The van der Waals surface area contributed by atoms with Crippen molar-refractivity contribution in [2.24, 2.45) is 0 Å². The lowest BCUT2D eigenvalue weighted by Crippen LogP contribution is -2.29. The number of rotatable bonds is 4. The Bertz CT molecular complexity index is 1610. The third kappa shape index (κ3) is 3.88. The van der Waals surface area contributed by atoms with Gasteiger partial charge in [0.05, 0.1) is 21.8 Å². The van der Waals surface area contributed by atoms with Crippen molar-refractivity contribution in [1.29, 1.82) is 0 Å². The largest absolute Gasteiger partial charge is 0.507 e. The maximum atomic E-state index is 13.8. The van der Waals surface area contributed by atoms with Gasteiger partial charge in [-0.2, -0.15) is 0 Å². The molecule has 3 aromatic carbocycles. The van der Waals surface area contributed by atoms with Gasteiger partial charge in [-0.25, -0.2) is 9.37 Å². The van der Waals surface area contributed by atoms with Crippen molar-refractivity contribution in [2.45, 2.75) is 38.8 Å². The fourth-order valence-electron chi connectivity index (χ4n) is 5.00. The number of carbonyl (C=O) groups excluding carboxylic acids is 2. The summed E-state index contributed by atoms with van der Waals surface area (Å²) < 4.78 is 20.2. The van der Waals surface area contributed by atoms with Gasteiger partial charge < -0.3 is 9.84 Å². The highest BCUT2D eigenvalue weighted by molar-refractivity contribution is 7.22. The van der Waals surface area contributed by atoms with Gasteiger partial charge in [0.25, 0.3) is 5.78 Å². The molecule has 186 valence electrons.